The standard InChI is InChI=1S/C23H38N4O4/c1-2-3-4-5-6-7-14-25-23(29)27-15-12-20(13-16-27)26-19-8-10-21(11-9-19)30-17-18-31-22(24)28/h8-11,20,26H,2-7,12-18H2,1H3,(H2,24,28)(H,25,29). The number of urea groups is 1. The summed E-state index contributed by atoms with van der Waals surface area (Å²) in [6.07, 6.45) is 8.43. The second kappa shape index (κ2) is 14.4. The van der Waals surface area contributed by atoms with E-state index in [1.54, 1.807) is 0 Å². The molecule has 1 aliphatic rings. The fraction of sp³-hybridized carbons (Fsp3) is 0.652. The van der Waals surface area contributed by atoms with E-state index in [9.17, 15) is 9.59 Å². The fourth-order valence-corrected chi connectivity index (χ4v) is 3.62. The van der Waals surface area contributed by atoms with Gasteiger partial charge in [-0.3, -0.25) is 0 Å². The number of anilines is 1. The smallest absolute Gasteiger partial charge is 0.404 e. The lowest BCUT2D eigenvalue weighted by Crippen LogP contribution is -2.47. The van der Waals surface area contributed by atoms with Crippen molar-refractivity contribution in [2.24, 2.45) is 5.73 Å². The summed E-state index contributed by atoms with van der Waals surface area (Å²) < 4.78 is 10.1. The average Bonchev–Trinajstić information content (AvgIpc) is 2.77. The molecular weight excluding hydrogens is 396 g/mol. The third kappa shape index (κ3) is 10.3. The van der Waals surface area contributed by atoms with E-state index in [2.05, 4.69) is 22.3 Å². The molecule has 0 aliphatic carbocycles. The van der Waals surface area contributed by atoms with E-state index in [0.29, 0.717) is 11.8 Å². The second-order valence-corrected chi connectivity index (χ2v) is 7.95. The van der Waals surface area contributed by atoms with Crippen LogP contribution in [0, 0.1) is 0 Å². The minimum atomic E-state index is -0.801. The normalized spacial score (nSPS) is 14.2. The number of likely N-dealkylation sites (tertiary alicyclic amines) is 1. The monoisotopic (exact) mass is 434 g/mol. The molecule has 1 fully saturated rings. The molecule has 0 radical (unpaired) electrons. The summed E-state index contributed by atoms with van der Waals surface area (Å²) in [4.78, 5) is 24.8. The first kappa shape index (κ1) is 24.6. The molecule has 0 unspecified atom stereocenters. The van der Waals surface area contributed by atoms with E-state index in [0.717, 1.165) is 44.6 Å². The maximum absolute atomic E-state index is 12.3. The SMILES string of the molecule is CCCCCCCCNC(=O)N1CCC(Nc2ccc(OCCOC(N)=O)cc2)CC1. The molecule has 0 aromatic heterocycles. The van der Waals surface area contributed by atoms with Crippen LogP contribution in [-0.4, -0.2) is 55.9 Å². The minimum Gasteiger partial charge on any atom is -0.490 e. The molecule has 1 aromatic carbocycles. The lowest BCUT2D eigenvalue weighted by molar-refractivity contribution is 0.134. The molecule has 8 heteroatoms. The Morgan fingerprint density at radius 3 is 2.39 bits per heavy atom. The lowest BCUT2D eigenvalue weighted by atomic mass is 10.0. The largest absolute Gasteiger partial charge is 0.490 e. The zero-order valence-corrected chi connectivity index (χ0v) is 18.7. The predicted molar refractivity (Wildman–Crippen MR) is 122 cm³/mol. The van der Waals surface area contributed by atoms with E-state index < -0.39 is 6.09 Å². The van der Waals surface area contributed by atoms with Crippen molar-refractivity contribution in [2.45, 2.75) is 64.3 Å². The van der Waals surface area contributed by atoms with Crippen molar-refractivity contribution in [3.63, 3.8) is 0 Å². The van der Waals surface area contributed by atoms with Crippen LogP contribution >= 0.6 is 0 Å². The lowest BCUT2D eigenvalue weighted by Gasteiger charge is -2.33. The summed E-state index contributed by atoms with van der Waals surface area (Å²) in [6.45, 7) is 4.91. The van der Waals surface area contributed by atoms with Crippen molar-refractivity contribution in [1.29, 1.82) is 0 Å². The number of piperidine rings is 1. The van der Waals surface area contributed by atoms with Crippen LogP contribution in [0.2, 0.25) is 0 Å². The highest BCUT2D eigenvalue weighted by Gasteiger charge is 2.22. The van der Waals surface area contributed by atoms with Gasteiger partial charge in [0.2, 0.25) is 0 Å². The van der Waals surface area contributed by atoms with Gasteiger partial charge < -0.3 is 30.7 Å². The molecule has 0 atom stereocenters. The molecule has 1 aromatic rings. The van der Waals surface area contributed by atoms with Gasteiger partial charge in [0.15, 0.2) is 0 Å². The van der Waals surface area contributed by atoms with Crippen LogP contribution in [-0.2, 0) is 4.74 Å². The number of nitrogens with zero attached hydrogens (tertiary/aromatic N) is 1. The zero-order valence-electron chi connectivity index (χ0n) is 18.7. The van der Waals surface area contributed by atoms with E-state index in [-0.39, 0.29) is 19.2 Å². The van der Waals surface area contributed by atoms with Gasteiger partial charge in [-0.05, 0) is 43.5 Å². The molecule has 31 heavy (non-hydrogen) atoms. The number of ether oxygens (including phenoxy) is 2. The van der Waals surface area contributed by atoms with Gasteiger partial charge in [0.25, 0.3) is 0 Å². The van der Waals surface area contributed by atoms with E-state index in [1.165, 1.54) is 32.1 Å². The second-order valence-electron chi connectivity index (χ2n) is 7.95. The Labute approximate surface area is 185 Å². The summed E-state index contributed by atoms with van der Waals surface area (Å²) in [5, 5.41) is 6.59. The van der Waals surface area contributed by atoms with Gasteiger partial charge in [-0.15, -0.1) is 0 Å². The first-order valence-electron chi connectivity index (χ1n) is 11.5. The summed E-state index contributed by atoms with van der Waals surface area (Å²) in [5.74, 6) is 0.704. The maximum atomic E-state index is 12.3. The van der Waals surface area contributed by atoms with Gasteiger partial charge in [-0.2, -0.15) is 0 Å². The van der Waals surface area contributed by atoms with E-state index in [1.807, 2.05) is 29.2 Å². The fourth-order valence-electron chi connectivity index (χ4n) is 3.62. The maximum Gasteiger partial charge on any atom is 0.404 e. The molecule has 4 N–H and O–H groups in total. The zero-order chi connectivity index (χ0) is 22.3. The predicted octanol–water partition coefficient (Wildman–Crippen LogP) is 4.11. The number of hydrogen-bond acceptors (Lipinski definition) is 5. The summed E-state index contributed by atoms with van der Waals surface area (Å²) >= 11 is 0. The average molecular weight is 435 g/mol. The van der Waals surface area contributed by atoms with Crippen molar-refractivity contribution >= 4 is 17.8 Å². The van der Waals surface area contributed by atoms with Crippen molar-refractivity contribution in [1.82, 2.24) is 10.2 Å². The molecule has 0 bridgehead atoms. The number of nitrogens with one attached hydrogen (secondary N) is 2. The van der Waals surface area contributed by atoms with Gasteiger partial charge in [0.1, 0.15) is 19.0 Å². The van der Waals surface area contributed by atoms with Gasteiger partial charge in [0.05, 0.1) is 0 Å². The van der Waals surface area contributed by atoms with Gasteiger partial charge >= 0.3 is 12.1 Å². The van der Waals surface area contributed by atoms with Crippen LogP contribution in [0.1, 0.15) is 58.3 Å². The topological polar surface area (TPSA) is 106 Å². The highest BCUT2D eigenvalue weighted by molar-refractivity contribution is 5.74. The van der Waals surface area contributed by atoms with E-state index >= 15 is 0 Å². The molecule has 1 aliphatic heterocycles. The minimum absolute atomic E-state index is 0.0637. The van der Waals surface area contributed by atoms with Crippen molar-refractivity contribution in [3.8, 4) is 5.75 Å². The Kier molecular flexibility index (Phi) is 11.4. The Balaban J connectivity index is 1.58. The number of carbonyl (C=O) groups excluding carboxylic acids is 2. The summed E-state index contributed by atoms with van der Waals surface area (Å²) in [6, 6.07) is 8.08. The first-order chi connectivity index (χ1) is 15.1. The number of nitrogens with two attached hydrogens (primary N) is 1. The molecule has 2 rings (SSSR count). The Bertz CT molecular complexity index is 645. The van der Waals surface area contributed by atoms with Crippen molar-refractivity contribution < 1.29 is 19.1 Å². The number of hydrogen-bond donors (Lipinski definition) is 3. The third-order valence-electron chi connectivity index (χ3n) is 5.41. The summed E-state index contributed by atoms with van der Waals surface area (Å²) in [5.41, 5.74) is 5.92. The summed E-state index contributed by atoms with van der Waals surface area (Å²) in [7, 11) is 0. The molecule has 3 amide bonds. The number of primary amides is 1. The highest BCUT2D eigenvalue weighted by atomic mass is 16.6. The molecular formula is C23H38N4O4. The molecule has 1 saturated heterocycles. The number of unbranched alkanes of at least 4 members (excludes halogenated alkanes) is 5. The van der Waals surface area contributed by atoms with Crippen molar-refractivity contribution in [2.75, 3.05) is 38.2 Å². The van der Waals surface area contributed by atoms with Gasteiger partial charge in [-0.25, -0.2) is 9.59 Å². The Morgan fingerprint density at radius 2 is 1.71 bits per heavy atom. The molecule has 0 spiro atoms. The molecule has 174 valence electrons. The van der Waals surface area contributed by atoms with Crippen LogP contribution in [0.15, 0.2) is 24.3 Å². The molecule has 1 heterocycles. The first-order valence-corrected chi connectivity index (χ1v) is 11.5. The highest BCUT2D eigenvalue weighted by Crippen LogP contribution is 2.20. The number of benzene rings is 1. The van der Waals surface area contributed by atoms with Crippen molar-refractivity contribution in [3.05, 3.63) is 24.3 Å². The van der Waals surface area contributed by atoms with Gasteiger partial charge in [-0.1, -0.05) is 39.0 Å². The quantitative estimate of drug-likeness (QED) is 0.405. The Morgan fingerprint density at radius 1 is 1.03 bits per heavy atom. The number of carbonyl (C=O) groups is 2. The van der Waals surface area contributed by atoms with E-state index in [4.69, 9.17) is 10.5 Å². The van der Waals surface area contributed by atoms with Crippen LogP contribution in [0.4, 0.5) is 15.3 Å². The van der Waals surface area contributed by atoms with Crippen LogP contribution in [0.3, 0.4) is 0 Å². The number of amides is 3. The molecule has 8 nitrogen and oxygen atoms in total. The van der Waals surface area contributed by atoms with Crippen LogP contribution < -0.4 is 21.1 Å². The van der Waals surface area contributed by atoms with Crippen LogP contribution in [0.5, 0.6) is 5.75 Å². The van der Waals surface area contributed by atoms with Gasteiger partial charge in [0, 0.05) is 31.4 Å². The molecule has 0 saturated carbocycles. The number of rotatable bonds is 13. The third-order valence-corrected chi connectivity index (χ3v) is 5.41. The van der Waals surface area contributed by atoms with Crippen LogP contribution in [0.25, 0.3) is 0 Å². The Hall–Kier alpha value is -2.64.